The number of nitrogens with zero attached hydrogens (tertiary/aromatic N) is 2. The summed E-state index contributed by atoms with van der Waals surface area (Å²) in [5.41, 5.74) is 0.858. The zero-order valence-corrected chi connectivity index (χ0v) is 14.5. The molecule has 116 valence electrons. The number of hydrogen-bond acceptors (Lipinski definition) is 5. The second-order valence-electron chi connectivity index (χ2n) is 6.34. The molecule has 0 saturated heterocycles. The van der Waals surface area contributed by atoms with Crippen LogP contribution < -0.4 is 10.9 Å². The quantitative estimate of drug-likeness (QED) is 0.792. The number of aromatic nitrogens is 2. The third-order valence-corrected chi connectivity index (χ3v) is 5.23. The Morgan fingerprint density at radius 3 is 2.82 bits per heavy atom. The SMILES string of the molecule is CC(C)(C)[C@H](NCc1cc(=O)n2ccsc2n1)c1cccs1. The molecule has 0 amide bonds. The summed E-state index contributed by atoms with van der Waals surface area (Å²) >= 11 is 3.23. The fraction of sp³-hybridized carbons (Fsp3) is 0.375. The number of hydrogen-bond donors (Lipinski definition) is 1. The summed E-state index contributed by atoms with van der Waals surface area (Å²) in [7, 11) is 0. The van der Waals surface area contributed by atoms with Gasteiger partial charge in [0.25, 0.3) is 5.56 Å². The molecule has 1 N–H and O–H groups in total. The van der Waals surface area contributed by atoms with Crippen molar-refractivity contribution in [2.75, 3.05) is 0 Å². The summed E-state index contributed by atoms with van der Waals surface area (Å²) < 4.78 is 1.58. The lowest BCUT2D eigenvalue weighted by Crippen LogP contribution is -2.32. The molecule has 1 atom stereocenters. The molecule has 0 radical (unpaired) electrons. The van der Waals surface area contributed by atoms with Gasteiger partial charge in [0.1, 0.15) is 0 Å². The van der Waals surface area contributed by atoms with Crippen LogP contribution in [0.2, 0.25) is 0 Å². The van der Waals surface area contributed by atoms with Gasteiger partial charge in [0, 0.05) is 35.1 Å². The van der Waals surface area contributed by atoms with Crippen LogP contribution in [0.4, 0.5) is 0 Å². The van der Waals surface area contributed by atoms with Crippen LogP contribution in [0.3, 0.4) is 0 Å². The molecule has 0 aromatic carbocycles. The zero-order valence-electron chi connectivity index (χ0n) is 12.9. The van der Waals surface area contributed by atoms with Crippen molar-refractivity contribution in [3.05, 3.63) is 56.1 Å². The minimum atomic E-state index is -0.0218. The van der Waals surface area contributed by atoms with Crippen LogP contribution >= 0.6 is 22.7 Å². The van der Waals surface area contributed by atoms with Crippen molar-refractivity contribution >= 4 is 27.6 Å². The Morgan fingerprint density at radius 2 is 2.14 bits per heavy atom. The van der Waals surface area contributed by atoms with Crippen LogP contribution in [0.1, 0.15) is 37.4 Å². The highest BCUT2D eigenvalue weighted by atomic mass is 32.1. The Kier molecular flexibility index (Phi) is 4.16. The molecule has 22 heavy (non-hydrogen) atoms. The lowest BCUT2D eigenvalue weighted by molar-refractivity contribution is 0.274. The maximum Gasteiger partial charge on any atom is 0.258 e. The highest BCUT2D eigenvalue weighted by Gasteiger charge is 2.26. The Morgan fingerprint density at radius 1 is 1.32 bits per heavy atom. The Bertz CT molecular complexity index is 812. The van der Waals surface area contributed by atoms with Crippen molar-refractivity contribution < 1.29 is 0 Å². The van der Waals surface area contributed by atoms with E-state index in [0.717, 1.165) is 10.7 Å². The molecule has 4 nitrogen and oxygen atoms in total. The molecule has 3 heterocycles. The van der Waals surface area contributed by atoms with Crippen LogP contribution in [0.5, 0.6) is 0 Å². The van der Waals surface area contributed by atoms with E-state index < -0.39 is 0 Å². The third-order valence-electron chi connectivity index (χ3n) is 3.54. The van der Waals surface area contributed by atoms with Gasteiger partial charge in [-0.05, 0) is 16.9 Å². The number of thiazole rings is 1. The summed E-state index contributed by atoms with van der Waals surface area (Å²) in [5, 5.41) is 7.54. The number of thiophene rings is 1. The van der Waals surface area contributed by atoms with Gasteiger partial charge in [0.15, 0.2) is 4.96 Å². The maximum atomic E-state index is 12.0. The molecule has 0 aliphatic rings. The smallest absolute Gasteiger partial charge is 0.258 e. The van der Waals surface area contributed by atoms with Gasteiger partial charge < -0.3 is 5.32 Å². The minimum Gasteiger partial charge on any atom is -0.303 e. The van der Waals surface area contributed by atoms with Crippen LogP contribution in [-0.2, 0) is 6.54 Å². The van der Waals surface area contributed by atoms with Gasteiger partial charge in [-0.3, -0.25) is 9.20 Å². The largest absolute Gasteiger partial charge is 0.303 e. The molecule has 0 fully saturated rings. The topological polar surface area (TPSA) is 46.4 Å². The molecule has 3 rings (SSSR count). The van der Waals surface area contributed by atoms with Crippen molar-refractivity contribution in [1.82, 2.24) is 14.7 Å². The summed E-state index contributed by atoms with van der Waals surface area (Å²) in [4.78, 5) is 18.6. The van der Waals surface area contributed by atoms with E-state index in [1.54, 1.807) is 28.0 Å². The van der Waals surface area contributed by atoms with Crippen molar-refractivity contribution in [3.63, 3.8) is 0 Å². The summed E-state index contributed by atoms with van der Waals surface area (Å²) in [6.07, 6.45) is 1.76. The van der Waals surface area contributed by atoms with Crippen molar-refractivity contribution in [2.45, 2.75) is 33.4 Å². The van der Waals surface area contributed by atoms with Crippen LogP contribution in [0.15, 0.2) is 40.0 Å². The first-order valence-electron chi connectivity index (χ1n) is 7.18. The van der Waals surface area contributed by atoms with Crippen LogP contribution in [0, 0.1) is 5.41 Å². The van der Waals surface area contributed by atoms with E-state index in [2.05, 4.69) is 48.6 Å². The first kappa shape index (κ1) is 15.4. The first-order valence-corrected chi connectivity index (χ1v) is 8.93. The first-order chi connectivity index (χ1) is 10.4. The predicted octanol–water partition coefficient (Wildman–Crippen LogP) is 3.69. The molecule has 0 unspecified atom stereocenters. The molecule has 3 aromatic heterocycles. The second-order valence-corrected chi connectivity index (χ2v) is 8.19. The molecule has 0 aliphatic carbocycles. The monoisotopic (exact) mass is 333 g/mol. The number of fused-ring (bicyclic) bond motifs is 1. The Labute approximate surface area is 137 Å². The summed E-state index contributed by atoms with van der Waals surface area (Å²) in [5.74, 6) is 0. The average Bonchev–Trinajstić information content (AvgIpc) is 3.07. The van der Waals surface area contributed by atoms with Gasteiger partial charge in [-0.1, -0.05) is 26.8 Å². The standard InChI is InChI=1S/C16H19N3OS2/c1-16(2,3)14(12-5-4-7-21-12)17-10-11-9-13(20)19-6-8-22-15(19)18-11/h4-9,14,17H,10H2,1-3H3/t14-/m1/s1. The maximum absolute atomic E-state index is 12.0. The summed E-state index contributed by atoms with van der Waals surface area (Å²) in [6, 6.07) is 6.07. The van der Waals surface area contributed by atoms with Crippen molar-refractivity contribution in [3.8, 4) is 0 Å². The molecule has 0 spiro atoms. The molecule has 0 aliphatic heterocycles. The Hall–Kier alpha value is -1.50. The van der Waals surface area contributed by atoms with Gasteiger partial charge in [0.05, 0.1) is 5.69 Å². The van der Waals surface area contributed by atoms with E-state index >= 15 is 0 Å². The highest BCUT2D eigenvalue weighted by molar-refractivity contribution is 7.15. The molecule has 6 heteroatoms. The fourth-order valence-corrected chi connectivity index (χ4v) is 4.26. The van der Waals surface area contributed by atoms with E-state index in [0.29, 0.717) is 6.54 Å². The van der Waals surface area contributed by atoms with Crippen molar-refractivity contribution in [2.24, 2.45) is 5.41 Å². The zero-order chi connectivity index (χ0) is 15.7. The number of nitrogens with one attached hydrogen (secondary N) is 1. The van der Waals surface area contributed by atoms with Gasteiger partial charge in [-0.15, -0.1) is 22.7 Å². The van der Waals surface area contributed by atoms with Crippen LogP contribution in [0.25, 0.3) is 4.96 Å². The number of rotatable bonds is 4. The van der Waals surface area contributed by atoms with Crippen molar-refractivity contribution in [1.29, 1.82) is 0 Å². The lowest BCUT2D eigenvalue weighted by Gasteiger charge is -2.31. The van der Waals surface area contributed by atoms with Gasteiger partial charge in [-0.25, -0.2) is 4.98 Å². The minimum absolute atomic E-state index is 0.0218. The fourth-order valence-electron chi connectivity index (χ4n) is 2.47. The van der Waals surface area contributed by atoms with Gasteiger partial charge in [-0.2, -0.15) is 0 Å². The van der Waals surface area contributed by atoms with Crippen LogP contribution in [-0.4, -0.2) is 9.38 Å². The molecule has 3 aromatic rings. The normalized spacial score (nSPS) is 13.6. The molecular formula is C16H19N3OS2. The second kappa shape index (κ2) is 5.95. The lowest BCUT2D eigenvalue weighted by atomic mass is 9.85. The van der Waals surface area contributed by atoms with E-state index in [-0.39, 0.29) is 17.0 Å². The van der Waals surface area contributed by atoms with E-state index in [1.165, 1.54) is 16.2 Å². The van der Waals surface area contributed by atoms with Gasteiger partial charge >= 0.3 is 0 Å². The highest BCUT2D eigenvalue weighted by Crippen LogP contribution is 2.35. The Balaban J connectivity index is 1.83. The van der Waals surface area contributed by atoms with E-state index in [9.17, 15) is 4.79 Å². The van der Waals surface area contributed by atoms with Gasteiger partial charge in [0.2, 0.25) is 0 Å². The van der Waals surface area contributed by atoms with E-state index in [4.69, 9.17) is 0 Å². The molecular weight excluding hydrogens is 314 g/mol. The van der Waals surface area contributed by atoms with E-state index in [1.807, 2.05) is 5.38 Å². The molecule has 0 saturated carbocycles. The predicted molar refractivity (Wildman–Crippen MR) is 92.7 cm³/mol. The third kappa shape index (κ3) is 3.14. The summed E-state index contributed by atoms with van der Waals surface area (Å²) in [6.45, 7) is 7.24. The average molecular weight is 333 g/mol. The molecule has 0 bridgehead atoms.